The van der Waals surface area contributed by atoms with E-state index in [1.807, 2.05) is 53.8 Å². The van der Waals surface area contributed by atoms with Crippen LogP contribution in [0.1, 0.15) is 35.7 Å². The zero-order chi connectivity index (χ0) is 25.7. The van der Waals surface area contributed by atoms with Crippen LogP contribution >= 0.6 is 22.6 Å². The van der Waals surface area contributed by atoms with Crippen LogP contribution in [0.4, 0.5) is 15.8 Å². The third-order valence-electron chi connectivity index (χ3n) is 6.42. The molecule has 6 nitrogen and oxygen atoms in total. The van der Waals surface area contributed by atoms with Crippen LogP contribution in [-0.4, -0.2) is 15.0 Å². The lowest BCUT2D eigenvalue weighted by atomic mass is 9.98. The van der Waals surface area contributed by atoms with Crippen LogP contribution in [0, 0.1) is 23.2 Å². The maximum Gasteiger partial charge on any atom is 0.341 e. The van der Waals surface area contributed by atoms with Crippen LogP contribution in [0.2, 0.25) is 0 Å². The lowest BCUT2D eigenvalue weighted by molar-refractivity contribution is 0.553. The lowest BCUT2D eigenvalue weighted by Gasteiger charge is -2.19. The predicted octanol–water partition coefficient (Wildman–Crippen LogP) is 5.94. The molecule has 4 aromatic rings. The quantitative estimate of drug-likeness (QED) is 0.271. The topological polar surface area (TPSA) is 81.3 Å². The molecule has 1 N–H and O–H groups in total. The van der Waals surface area contributed by atoms with Gasteiger partial charge in [-0.2, -0.15) is 0 Å². The highest BCUT2D eigenvalue weighted by molar-refractivity contribution is 14.1. The summed E-state index contributed by atoms with van der Waals surface area (Å²) in [6, 6.07) is 12.3. The van der Waals surface area contributed by atoms with Gasteiger partial charge in [-0.15, -0.1) is 0 Å². The molecule has 0 saturated heterocycles. The fourth-order valence-corrected chi connectivity index (χ4v) is 5.71. The molecule has 186 valence electrons. The molecule has 0 aliphatic heterocycles. The number of aromatic nitrogens is 1. The number of pyridine rings is 1. The Balaban J connectivity index is 1.85. The van der Waals surface area contributed by atoms with Crippen molar-refractivity contribution in [1.29, 1.82) is 0 Å². The fraction of sp³-hybridized carbons (Fsp3) is 0.259. The number of halogens is 2. The first-order valence-electron chi connectivity index (χ1n) is 11.5. The van der Waals surface area contributed by atoms with Gasteiger partial charge in [0, 0.05) is 43.7 Å². The van der Waals surface area contributed by atoms with Crippen LogP contribution < -0.4 is 16.5 Å². The molecule has 0 amide bonds. The fourth-order valence-electron chi connectivity index (χ4n) is 4.61. The van der Waals surface area contributed by atoms with Crippen LogP contribution in [-0.2, 0) is 16.6 Å². The van der Waals surface area contributed by atoms with Crippen LogP contribution in [0.5, 0.6) is 0 Å². The SMILES string of the molecule is Cc1c(Nc2ccc(I)cc2F)c2c(=O)n(C3CC3)c(C)c(-c3cccc(C[S@@](C)=O)c3)c2oc1=O. The van der Waals surface area contributed by atoms with Crippen molar-refractivity contribution in [2.45, 2.75) is 38.5 Å². The largest absolute Gasteiger partial charge is 0.421 e. The average molecular weight is 618 g/mol. The molecule has 36 heavy (non-hydrogen) atoms. The van der Waals surface area contributed by atoms with E-state index in [0.29, 0.717) is 17.0 Å². The maximum atomic E-state index is 14.8. The molecule has 0 bridgehead atoms. The normalized spacial score (nSPS) is 14.2. The van der Waals surface area contributed by atoms with Gasteiger partial charge in [0.2, 0.25) is 0 Å². The molecule has 2 heterocycles. The average Bonchev–Trinajstić information content (AvgIpc) is 3.63. The zero-order valence-electron chi connectivity index (χ0n) is 20.0. The summed E-state index contributed by atoms with van der Waals surface area (Å²) in [6.45, 7) is 3.42. The van der Waals surface area contributed by atoms with Gasteiger partial charge in [-0.3, -0.25) is 9.00 Å². The first-order valence-corrected chi connectivity index (χ1v) is 14.3. The molecule has 1 atom stereocenters. The van der Waals surface area contributed by atoms with Crippen LogP contribution in [0.25, 0.3) is 22.1 Å². The van der Waals surface area contributed by atoms with Gasteiger partial charge in [-0.1, -0.05) is 24.3 Å². The van der Waals surface area contributed by atoms with E-state index in [2.05, 4.69) is 5.32 Å². The van der Waals surface area contributed by atoms with E-state index in [-0.39, 0.29) is 39.5 Å². The number of benzene rings is 2. The standard InChI is InChI=1S/C27H24FIN2O4S/c1-14-24(30-21-10-7-18(29)12-20(21)28)23-25(35-27(14)33)22(15(2)31(26(23)32)19-8-9-19)17-6-4-5-16(11-17)13-36(3)34/h4-7,10-12,19,30H,8-9,13H2,1-3H3/t36-/m1/s1. The highest BCUT2D eigenvalue weighted by Crippen LogP contribution is 2.41. The third kappa shape index (κ3) is 4.54. The first kappa shape index (κ1) is 24.9. The van der Waals surface area contributed by atoms with Crippen molar-refractivity contribution in [3.8, 4) is 11.1 Å². The summed E-state index contributed by atoms with van der Waals surface area (Å²) in [5.74, 6) is -0.104. The summed E-state index contributed by atoms with van der Waals surface area (Å²) >= 11 is 2.02. The van der Waals surface area contributed by atoms with Crippen molar-refractivity contribution < 1.29 is 13.0 Å². The number of nitrogens with one attached hydrogen (secondary N) is 1. The molecular formula is C27H24FIN2O4S. The molecule has 1 fully saturated rings. The number of hydrogen-bond donors (Lipinski definition) is 1. The Morgan fingerprint density at radius 3 is 2.58 bits per heavy atom. The van der Waals surface area contributed by atoms with E-state index in [9.17, 15) is 18.2 Å². The summed E-state index contributed by atoms with van der Waals surface area (Å²) < 4.78 is 34.9. The van der Waals surface area contributed by atoms with Crippen molar-refractivity contribution >= 4 is 55.7 Å². The Morgan fingerprint density at radius 1 is 1.17 bits per heavy atom. The van der Waals surface area contributed by atoms with Crippen molar-refractivity contribution in [3.63, 3.8) is 0 Å². The van der Waals surface area contributed by atoms with Gasteiger partial charge in [-0.25, -0.2) is 9.18 Å². The molecule has 5 rings (SSSR count). The Hall–Kier alpha value is -2.79. The lowest BCUT2D eigenvalue weighted by Crippen LogP contribution is -2.25. The minimum Gasteiger partial charge on any atom is -0.421 e. The van der Waals surface area contributed by atoms with Crippen LogP contribution in [0.15, 0.2) is 56.5 Å². The minimum absolute atomic E-state index is 0.0575. The third-order valence-corrected chi connectivity index (χ3v) is 7.84. The van der Waals surface area contributed by atoms with Gasteiger partial charge in [0.15, 0.2) is 5.58 Å². The highest BCUT2D eigenvalue weighted by atomic mass is 127. The Bertz CT molecular complexity index is 1670. The second kappa shape index (κ2) is 9.59. The van der Waals surface area contributed by atoms with E-state index >= 15 is 0 Å². The minimum atomic E-state index is -1.03. The van der Waals surface area contributed by atoms with Gasteiger partial charge in [-0.05, 0) is 78.6 Å². The van der Waals surface area contributed by atoms with E-state index in [1.165, 1.54) is 6.07 Å². The summed E-state index contributed by atoms with van der Waals surface area (Å²) in [7, 11) is -1.03. The van der Waals surface area contributed by atoms with Crippen molar-refractivity contribution in [2.75, 3.05) is 11.6 Å². The summed E-state index contributed by atoms with van der Waals surface area (Å²) in [4.78, 5) is 26.8. The summed E-state index contributed by atoms with van der Waals surface area (Å²) in [6.07, 6.45) is 3.40. The molecule has 0 radical (unpaired) electrons. The molecule has 0 spiro atoms. The first-order chi connectivity index (χ1) is 17.2. The molecule has 0 unspecified atom stereocenters. The van der Waals surface area contributed by atoms with Gasteiger partial charge in [0.1, 0.15) is 11.2 Å². The van der Waals surface area contributed by atoms with Gasteiger partial charge >= 0.3 is 5.63 Å². The van der Waals surface area contributed by atoms with E-state index in [1.54, 1.807) is 29.9 Å². The van der Waals surface area contributed by atoms with Gasteiger partial charge < -0.3 is 14.3 Å². The highest BCUT2D eigenvalue weighted by Gasteiger charge is 2.31. The second-order valence-corrected chi connectivity index (χ2v) is 11.8. The van der Waals surface area contributed by atoms with Crippen molar-refractivity contribution in [3.05, 3.63) is 89.4 Å². The molecule has 1 saturated carbocycles. The number of anilines is 2. The monoisotopic (exact) mass is 618 g/mol. The summed E-state index contributed by atoms with van der Waals surface area (Å²) in [5, 5.41) is 3.23. The molecule has 2 aromatic heterocycles. The molecule has 9 heteroatoms. The Labute approximate surface area is 223 Å². The molecule has 1 aliphatic carbocycles. The van der Waals surface area contributed by atoms with Crippen molar-refractivity contribution in [1.82, 2.24) is 4.57 Å². The Kier molecular flexibility index (Phi) is 6.63. The van der Waals surface area contributed by atoms with E-state index in [0.717, 1.165) is 27.5 Å². The van der Waals surface area contributed by atoms with Crippen LogP contribution in [0.3, 0.4) is 0 Å². The van der Waals surface area contributed by atoms with Gasteiger partial charge in [0.05, 0.1) is 16.9 Å². The van der Waals surface area contributed by atoms with Gasteiger partial charge in [0.25, 0.3) is 5.56 Å². The van der Waals surface area contributed by atoms with E-state index in [4.69, 9.17) is 4.42 Å². The van der Waals surface area contributed by atoms with Crippen molar-refractivity contribution in [2.24, 2.45) is 0 Å². The molecular weight excluding hydrogens is 594 g/mol. The predicted molar refractivity (Wildman–Crippen MR) is 150 cm³/mol. The molecule has 1 aliphatic rings. The zero-order valence-corrected chi connectivity index (χ0v) is 23.0. The number of hydrogen-bond acceptors (Lipinski definition) is 5. The van der Waals surface area contributed by atoms with E-state index < -0.39 is 22.2 Å². The number of rotatable bonds is 6. The smallest absolute Gasteiger partial charge is 0.341 e. The number of nitrogens with zero attached hydrogens (tertiary/aromatic N) is 1. The summed E-state index contributed by atoms with van der Waals surface area (Å²) in [5.41, 5.74) is 2.84. The Morgan fingerprint density at radius 2 is 1.92 bits per heavy atom. The molecule has 2 aromatic carbocycles. The maximum absolute atomic E-state index is 14.8. The number of fused-ring (bicyclic) bond motifs is 1. The second-order valence-electron chi connectivity index (χ2n) is 9.13.